The maximum Gasteiger partial charge on any atom is 0.0548 e. The van der Waals surface area contributed by atoms with E-state index in [-0.39, 0.29) is 6.04 Å². The number of hydrogen-bond donors (Lipinski definition) is 1. The Labute approximate surface area is 118 Å². The molecule has 1 heterocycles. The van der Waals surface area contributed by atoms with Crippen LogP contribution in [0, 0.1) is 0 Å². The molecule has 1 atom stereocenters. The van der Waals surface area contributed by atoms with E-state index in [9.17, 15) is 0 Å². The van der Waals surface area contributed by atoms with E-state index in [2.05, 4.69) is 12.0 Å². The van der Waals surface area contributed by atoms with Gasteiger partial charge in [-0.2, -0.15) is 5.10 Å². The van der Waals surface area contributed by atoms with Gasteiger partial charge >= 0.3 is 0 Å². The zero-order chi connectivity index (χ0) is 13.9. The topological polar surface area (TPSA) is 43.8 Å². The molecule has 0 saturated carbocycles. The quantitative estimate of drug-likeness (QED) is 0.605. The van der Waals surface area contributed by atoms with Crippen molar-refractivity contribution in [2.45, 2.75) is 77.2 Å². The van der Waals surface area contributed by atoms with Gasteiger partial charge in [-0.25, -0.2) is 0 Å². The molecule has 2 N–H and O–H groups in total. The van der Waals surface area contributed by atoms with E-state index < -0.39 is 0 Å². The molecular weight excluding hydrogens is 234 g/mol. The minimum absolute atomic E-state index is 0.150. The first kappa shape index (κ1) is 16.2. The molecule has 1 aromatic heterocycles. The molecule has 0 spiro atoms. The standard InChI is InChI=1S/C16H31N3/c1-3-4-5-6-7-8-9-10-11-12-15(17)16-13-14-18-19(16)2/h13-15H,3-12,17H2,1-2H3. The molecule has 0 bridgehead atoms. The Hall–Kier alpha value is -0.830. The molecule has 110 valence electrons. The molecule has 1 rings (SSSR count). The van der Waals surface area contributed by atoms with Crippen LogP contribution < -0.4 is 5.73 Å². The minimum Gasteiger partial charge on any atom is -0.323 e. The van der Waals surface area contributed by atoms with E-state index >= 15 is 0 Å². The molecule has 1 unspecified atom stereocenters. The molecule has 0 amide bonds. The van der Waals surface area contributed by atoms with E-state index in [1.807, 2.05) is 24.0 Å². The van der Waals surface area contributed by atoms with Gasteiger partial charge in [0.15, 0.2) is 0 Å². The third kappa shape index (κ3) is 6.76. The van der Waals surface area contributed by atoms with Gasteiger partial charge in [0.05, 0.1) is 5.69 Å². The molecule has 0 aliphatic carbocycles. The maximum absolute atomic E-state index is 6.18. The van der Waals surface area contributed by atoms with Crippen molar-refractivity contribution in [3.8, 4) is 0 Å². The van der Waals surface area contributed by atoms with Crippen LogP contribution in [0.15, 0.2) is 12.3 Å². The van der Waals surface area contributed by atoms with E-state index in [0.717, 1.165) is 12.1 Å². The lowest BCUT2D eigenvalue weighted by Crippen LogP contribution is -2.14. The molecule has 0 aromatic carbocycles. The molecule has 0 fully saturated rings. The smallest absolute Gasteiger partial charge is 0.0548 e. The van der Waals surface area contributed by atoms with Crippen LogP contribution in [0.1, 0.15) is 82.9 Å². The van der Waals surface area contributed by atoms with Crippen molar-refractivity contribution < 1.29 is 0 Å². The summed E-state index contributed by atoms with van der Waals surface area (Å²) in [6, 6.07) is 2.18. The Morgan fingerprint density at radius 1 is 1.05 bits per heavy atom. The van der Waals surface area contributed by atoms with Gasteiger partial charge in [0.25, 0.3) is 0 Å². The lowest BCUT2D eigenvalue weighted by molar-refractivity contribution is 0.515. The molecular formula is C16H31N3. The average Bonchev–Trinajstić information content (AvgIpc) is 2.83. The highest BCUT2D eigenvalue weighted by molar-refractivity contribution is 5.05. The summed E-state index contributed by atoms with van der Waals surface area (Å²) >= 11 is 0. The van der Waals surface area contributed by atoms with Crippen molar-refractivity contribution in [3.63, 3.8) is 0 Å². The second-order valence-electron chi connectivity index (χ2n) is 5.60. The first-order chi connectivity index (χ1) is 9.25. The summed E-state index contributed by atoms with van der Waals surface area (Å²) in [6.07, 6.45) is 15.2. The first-order valence-electron chi connectivity index (χ1n) is 7.99. The van der Waals surface area contributed by atoms with Crippen molar-refractivity contribution in [2.24, 2.45) is 12.8 Å². The second-order valence-corrected chi connectivity index (χ2v) is 5.60. The lowest BCUT2D eigenvalue weighted by atomic mass is 10.0. The van der Waals surface area contributed by atoms with Gasteiger partial charge in [0, 0.05) is 19.3 Å². The van der Waals surface area contributed by atoms with Gasteiger partial charge in [0.1, 0.15) is 0 Å². The fraction of sp³-hybridized carbons (Fsp3) is 0.812. The zero-order valence-corrected chi connectivity index (χ0v) is 12.8. The molecule has 3 heteroatoms. The van der Waals surface area contributed by atoms with Gasteiger partial charge in [-0.3, -0.25) is 4.68 Å². The number of aryl methyl sites for hydroxylation is 1. The van der Waals surface area contributed by atoms with Crippen LogP contribution in [0.4, 0.5) is 0 Å². The highest BCUT2D eigenvalue weighted by atomic mass is 15.3. The SMILES string of the molecule is CCCCCCCCCCCC(N)c1ccnn1C. The van der Waals surface area contributed by atoms with Crippen molar-refractivity contribution in [2.75, 3.05) is 0 Å². The van der Waals surface area contributed by atoms with Crippen LogP contribution in [0.3, 0.4) is 0 Å². The van der Waals surface area contributed by atoms with Gasteiger partial charge in [-0.1, -0.05) is 64.7 Å². The highest BCUT2D eigenvalue weighted by Crippen LogP contribution is 2.17. The molecule has 19 heavy (non-hydrogen) atoms. The van der Waals surface area contributed by atoms with Gasteiger partial charge in [0.2, 0.25) is 0 Å². The van der Waals surface area contributed by atoms with E-state index in [0.29, 0.717) is 0 Å². The van der Waals surface area contributed by atoms with Crippen LogP contribution in [0.5, 0.6) is 0 Å². The lowest BCUT2D eigenvalue weighted by Gasteiger charge is -2.11. The normalized spacial score (nSPS) is 12.8. The van der Waals surface area contributed by atoms with Crippen LogP contribution >= 0.6 is 0 Å². The molecule has 0 aliphatic heterocycles. The summed E-state index contributed by atoms with van der Waals surface area (Å²) in [6.45, 7) is 2.27. The first-order valence-corrected chi connectivity index (χ1v) is 7.99. The zero-order valence-electron chi connectivity index (χ0n) is 12.8. The molecule has 0 radical (unpaired) electrons. The predicted octanol–water partition coefficient (Wildman–Crippen LogP) is 4.34. The van der Waals surface area contributed by atoms with Gasteiger partial charge < -0.3 is 5.73 Å². The third-order valence-electron chi connectivity index (χ3n) is 3.86. The van der Waals surface area contributed by atoms with Crippen molar-refractivity contribution in [3.05, 3.63) is 18.0 Å². The highest BCUT2D eigenvalue weighted by Gasteiger charge is 2.08. The van der Waals surface area contributed by atoms with E-state index in [1.165, 1.54) is 57.8 Å². The fourth-order valence-corrected chi connectivity index (χ4v) is 2.57. The molecule has 1 aromatic rings. The molecule has 0 aliphatic rings. The Morgan fingerprint density at radius 2 is 1.63 bits per heavy atom. The van der Waals surface area contributed by atoms with Crippen LogP contribution in [0.25, 0.3) is 0 Å². The third-order valence-corrected chi connectivity index (χ3v) is 3.86. The number of hydrogen-bond acceptors (Lipinski definition) is 2. The Bertz CT molecular complexity index is 320. The number of rotatable bonds is 11. The maximum atomic E-state index is 6.18. The van der Waals surface area contributed by atoms with Gasteiger partial charge in [-0.05, 0) is 12.5 Å². The van der Waals surface area contributed by atoms with Crippen molar-refractivity contribution in [1.82, 2.24) is 9.78 Å². The van der Waals surface area contributed by atoms with Crippen LogP contribution in [0.2, 0.25) is 0 Å². The van der Waals surface area contributed by atoms with Crippen molar-refractivity contribution >= 4 is 0 Å². The van der Waals surface area contributed by atoms with E-state index in [4.69, 9.17) is 5.73 Å². The fourth-order valence-electron chi connectivity index (χ4n) is 2.57. The minimum atomic E-state index is 0.150. The monoisotopic (exact) mass is 265 g/mol. The van der Waals surface area contributed by atoms with E-state index in [1.54, 1.807) is 0 Å². The largest absolute Gasteiger partial charge is 0.323 e. The number of nitrogens with two attached hydrogens (primary N) is 1. The summed E-state index contributed by atoms with van der Waals surface area (Å²) in [5.41, 5.74) is 7.33. The van der Waals surface area contributed by atoms with Crippen LogP contribution in [-0.2, 0) is 7.05 Å². The number of unbranched alkanes of at least 4 members (excludes halogenated alkanes) is 8. The summed E-state index contributed by atoms with van der Waals surface area (Å²) in [4.78, 5) is 0. The Balaban J connectivity index is 1.95. The Kier molecular flexibility index (Phi) is 8.55. The number of nitrogens with zero attached hydrogens (tertiary/aromatic N) is 2. The summed E-state index contributed by atoms with van der Waals surface area (Å²) < 4.78 is 1.89. The van der Waals surface area contributed by atoms with Crippen LogP contribution in [-0.4, -0.2) is 9.78 Å². The Morgan fingerprint density at radius 3 is 2.16 bits per heavy atom. The number of aromatic nitrogens is 2. The average molecular weight is 265 g/mol. The summed E-state index contributed by atoms with van der Waals surface area (Å²) in [5.74, 6) is 0. The summed E-state index contributed by atoms with van der Waals surface area (Å²) in [7, 11) is 1.96. The molecule has 0 saturated heterocycles. The molecule has 3 nitrogen and oxygen atoms in total. The second kappa shape index (κ2) is 10.0. The van der Waals surface area contributed by atoms with Crippen molar-refractivity contribution in [1.29, 1.82) is 0 Å². The van der Waals surface area contributed by atoms with Gasteiger partial charge in [-0.15, -0.1) is 0 Å². The predicted molar refractivity (Wildman–Crippen MR) is 82.0 cm³/mol. The summed E-state index contributed by atoms with van der Waals surface area (Å²) in [5, 5.41) is 4.17.